The minimum Gasteiger partial charge on any atom is -0.0956 e. The second-order valence-electron chi connectivity index (χ2n) is 3.75. The van der Waals surface area contributed by atoms with Crippen LogP contribution in [-0.2, 0) is 0 Å². The van der Waals surface area contributed by atoms with Crippen molar-refractivity contribution in [2.75, 3.05) is 0 Å². The lowest BCUT2D eigenvalue weighted by Crippen LogP contribution is -1.98. The average Bonchev–Trinajstić information content (AvgIpc) is 1.93. The molecule has 0 aromatic heterocycles. The number of hydrogen-bond donors (Lipinski definition) is 0. The summed E-state index contributed by atoms with van der Waals surface area (Å²) in [6.45, 7) is 8.54. The van der Waals surface area contributed by atoms with Crippen molar-refractivity contribution in [3.63, 3.8) is 0 Å². The maximum Gasteiger partial charge on any atom is -0.0279 e. The van der Waals surface area contributed by atoms with Crippen molar-refractivity contribution in [2.45, 2.75) is 39.5 Å². The third kappa shape index (κ3) is 2.53. The molecule has 0 atom stereocenters. The van der Waals surface area contributed by atoms with Gasteiger partial charge in [-0.15, -0.1) is 0 Å². The molecule has 1 aliphatic rings. The predicted octanol–water partition coefficient (Wildman–Crippen LogP) is 3.70. The van der Waals surface area contributed by atoms with Gasteiger partial charge in [0.05, 0.1) is 0 Å². The van der Waals surface area contributed by atoms with E-state index in [2.05, 4.69) is 26.5 Å². The van der Waals surface area contributed by atoms with Crippen molar-refractivity contribution < 1.29 is 0 Å². The molecule has 0 bridgehead atoms. The Bertz CT molecular complexity index is 172. The van der Waals surface area contributed by atoms with Crippen LogP contribution in [0.25, 0.3) is 0 Å². The molecule has 1 saturated carbocycles. The Balaban J connectivity index is 2.61. The summed E-state index contributed by atoms with van der Waals surface area (Å²) in [4.78, 5) is 0. The molecule has 0 N–H and O–H groups in total. The van der Waals surface area contributed by atoms with Gasteiger partial charge in [0.2, 0.25) is 0 Å². The van der Waals surface area contributed by atoms with E-state index in [1.807, 2.05) is 0 Å². The monoisotopic (exact) mass is 150 g/mol. The lowest BCUT2D eigenvalue weighted by Gasteiger charge is -2.17. The van der Waals surface area contributed by atoms with Crippen LogP contribution in [0.2, 0.25) is 0 Å². The van der Waals surface area contributed by atoms with Crippen LogP contribution in [0.15, 0.2) is 23.8 Å². The standard InChI is InChI=1S/C11H18/c1-9(2)8-11-7-5-4-6-10(11)3/h8-9H,3-7H2,1-2H3/b11-8+. The fourth-order valence-corrected chi connectivity index (χ4v) is 1.59. The van der Waals surface area contributed by atoms with Crippen LogP contribution in [0.5, 0.6) is 0 Å². The highest BCUT2D eigenvalue weighted by atomic mass is 14.1. The zero-order valence-electron chi connectivity index (χ0n) is 7.69. The van der Waals surface area contributed by atoms with Crippen molar-refractivity contribution in [1.29, 1.82) is 0 Å². The third-order valence-electron chi connectivity index (χ3n) is 2.16. The fourth-order valence-electron chi connectivity index (χ4n) is 1.59. The van der Waals surface area contributed by atoms with Gasteiger partial charge >= 0.3 is 0 Å². The first-order chi connectivity index (χ1) is 5.20. The van der Waals surface area contributed by atoms with E-state index >= 15 is 0 Å². The molecule has 11 heavy (non-hydrogen) atoms. The van der Waals surface area contributed by atoms with Gasteiger partial charge in [0.15, 0.2) is 0 Å². The molecule has 0 saturated heterocycles. The lowest BCUT2D eigenvalue weighted by atomic mass is 9.89. The molecular formula is C11H18. The fraction of sp³-hybridized carbons (Fsp3) is 0.636. The van der Waals surface area contributed by atoms with Crippen molar-refractivity contribution in [3.8, 4) is 0 Å². The summed E-state index contributed by atoms with van der Waals surface area (Å²) in [5.74, 6) is 0.680. The van der Waals surface area contributed by atoms with Crippen molar-refractivity contribution in [2.24, 2.45) is 5.92 Å². The molecule has 0 aliphatic heterocycles. The second kappa shape index (κ2) is 3.75. The van der Waals surface area contributed by atoms with Crippen LogP contribution in [0, 0.1) is 5.92 Å². The Morgan fingerprint density at radius 3 is 2.45 bits per heavy atom. The zero-order valence-corrected chi connectivity index (χ0v) is 7.69. The van der Waals surface area contributed by atoms with Crippen LogP contribution >= 0.6 is 0 Å². The SMILES string of the molecule is C=C1CCCC/C1=C\C(C)C. The molecule has 0 radical (unpaired) electrons. The highest BCUT2D eigenvalue weighted by Gasteiger charge is 2.08. The van der Waals surface area contributed by atoms with Crippen LogP contribution in [0.3, 0.4) is 0 Å². The minimum absolute atomic E-state index is 0.680. The van der Waals surface area contributed by atoms with Gasteiger partial charge in [0.1, 0.15) is 0 Å². The lowest BCUT2D eigenvalue weighted by molar-refractivity contribution is 0.669. The van der Waals surface area contributed by atoms with Gasteiger partial charge in [0.25, 0.3) is 0 Å². The van der Waals surface area contributed by atoms with Crippen molar-refractivity contribution in [3.05, 3.63) is 23.8 Å². The topological polar surface area (TPSA) is 0 Å². The van der Waals surface area contributed by atoms with Gasteiger partial charge in [-0.1, -0.05) is 32.1 Å². The molecule has 1 aliphatic carbocycles. The quantitative estimate of drug-likeness (QED) is 0.534. The maximum atomic E-state index is 4.08. The smallest absolute Gasteiger partial charge is 0.0279 e. The first kappa shape index (κ1) is 8.58. The highest BCUT2D eigenvalue weighted by Crippen LogP contribution is 2.27. The molecule has 0 spiro atoms. The molecule has 1 fully saturated rings. The Labute approximate surface area is 70.0 Å². The predicted molar refractivity (Wildman–Crippen MR) is 50.5 cm³/mol. The average molecular weight is 150 g/mol. The van der Waals surface area contributed by atoms with Crippen LogP contribution in [0.1, 0.15) is 39.5 Å². The Morgan fingerprint density at radius 1 is 1.27 bits per heavy atom. The van der Waals surface area contributed by atoms with E-state index in [4.69, 9.17) is 0 Å². The van der Waals surface area contributed by atoms with E-state index in [1.54, 1.807) is 0 Å². The molecule has 0 heterocycles. The first-order valence-electron chi connectivity index (χ1n) is 4.59. The molecule has 0 amide bonds. The minimum atomic E-state index is 0.680. The van der Waals surface area contributed by atoms with Gasteiger partial charge in [0, 0.05) is 0 Å². The molecule has 0 nitrogen and oxygen atoms in total. The van der Waals surface area contributed by atoms with Gasteiger partial charge in [-0.3, -0.25) is 0 Å². The van der Waals surface area contributed by atoms with Gasteiger partial charge in [-0.2, -0.15) is 0 Å². The van der Waals surface area contributed by atoms with Gasteiger partial charge < -0.3 is 0 Å². The van der Waals surface area contributed by atoms with Crippen LogP contribution in [-0.4, -0.2) is 0 Å². The molecular weight excluding hydrogens is 132 g/mol. The zero-order chi connectivity index (χ0) is 8.27. The third-order valence-corrected chi connectivity index (χ3v) is 2.16. The number of hydrogen-bond acceptors (Lipinski definition) is 0. The number of allylic oxidation sites excluding steroid dienone is 3. The van der Waals surface area contributed by atoms with Crippen LogP contribution in [0.4, 0.5) is 0 Å². The summed E-state index contributed by atoms with van der Waals surface area (Å²) in [6, 6.07) is 0. The van der Waals surface area contributed by atoms with Crippen molar-refractivity contribution >= 4 is 0 Å². The molecule has 0 heteroatoms. The van der Waals surface area contributed by atoms with E-state index in [1.165, 1.54) is 36.8 Å². The maximum absolute atomic E-state index is 4.08. The largest absolute Gasteiger partial charge is 0.0956 e. The summed E-state index contributed by atoms with van der Waals surface area (Å²) < 4.78 is 0. The highest BCUT2D eigenvalue weighted by molar-refractivity contribution is 5.30. The second-order valence-corrected chi connectivity index (χ2v) is 3.75. The summed E-state index contributed by atoms with van der Waals surface area (Å²) in [5.41, 5.74) is 2.90. The summed E-state index contributed by atoms with van der Waals surface area (Å²) in [7, 11) is 0. The summed E-state index contributed by atoms with van der Waals surface area (Å²) >= 11 is 0. The van der Waals surface area contributed by atoms with E-state index in [0.29, 0.717) is 5.92 Å². The summed E-state index contributed by atoms with van der Waals surface area (Å²) in [6.07, 6.45) is 7.54. The number of rotatable bonds is 1. The van der Waals surface area contributed by atoms with Crippen molar-refractivity contribution in [1.82, 2.24) is 0 Å². The van der Waals surface area contributed by atoms with E-state index in [0.717, 1.165) is 0 Å². The molecule has 0 unspecified atom stereocenters. The van der Waals surface area contributed by atoms with Crippen LogP contribution < -0.4 is 0 Å². The molecule has 0 aromatic carbocycles. The summed E-state index contributed by atoms with van der Waals surface area (Å²) in [5, 5.41) is 0. The Hall–Kier alpha value is -0.520. The Morgan fingerprint density at radius 2 is 1.91 bits per heavy atom. The van der Waals surface area contributed by atoms with E-state index in [9.17, 15) is 0 Å². The van der Waals surface area contributed by atoms with E-state index < -0.39 is 0 Å². The first-order valence-corrected chi connectivity index (χ1v) is 4.59. The molecule has 1 rings (SSSR count). The van der Waals surface area contributed by atoms with Gasteiger partial charge in [-0.25, -0.2) is 0 Å². The Kier molecular flexibility index (Phi) is 2.92. The molecule has 62 valence electrons. The van der Waals surface area contributed by atoms with E-state index in [-0.39, 0.29) is 0 Å². The molecule has 0 aromatic rings. The van der Waals surface area contributed by atoms with Gasteiger partial charge in [-0.05, 0) is 37.2 Å². The normalized spacial score (nSPS) is 23.2.